The Morgan fingerprint density at radius 2 is 1.44 bits per heavy atom. The van der Waals surface area contributed by atoms with Gasteiger partial charge in [0.1, 0.15) is 0 Å². The minimum atomic E-state index is -0.0463. The molecule has 4 aliphatic carbocycles. The zero-order valence-electron chi connectivity index (χ0n) is 22.9. The fourth-order valence-electron chi connectivity index (χ4n) is 11.1. The molecule has 1 nitrogen and oxygen atoms in total. The molecule has 4 aliphatic rings. The van der Waals surface area contributed by atoms with Crippen LogP contribution in [0.15, 0.2) is 0 Å². The van der Waals surface area contributed by atoms with E-state index in [4.69, 9.17) is 0 Å². The SMILES string of the molecule is CC[C@@H](C(C)C)[C@H](C)C[C@@H](C)[C@H]1CC[C@H]2[C@@H]3CC[C@@H]4[C@H](C)[C@@H](O)CC[C@]4(C)[C@H]3CC[C@]12C. The molecule has 0 aliphatic heterocycles. The molecular formula is C31H56O. The molecule has 4 rings (SSSR count). The van der Waals surface area contributed by atoms with Crippen molar-refractivity contribution in [2.24, 2.45) is 70.0 Å². The summed E-state index contributed by atoms with van der Waals surface area (Å²) in [4.78, 5) is 0. The molecule has 0 amide bonds. The van der Waals surface area contributed by atoms with Crippen LogP contribution >= 0.6 is 0 Å². The van der Waals surface area contributed by atoms with E-state index in [-0.39, 0.29) is 6.10 Å². The van der Waals surface area contributed by atoms with Crippen molar-refractivity contribution in [2.75, 3.05) is 0 Å². The monoisotopic (exact) mass is 444 g/mol. The molecule has 4 fully saturated rings. The van der Waals surface area contributed by atoms with Gasteiger partial charge < -0.3 is 5.11 Å². The lowest BCUT2D eigenvalue weighted by Gasteiger charge is -2.62. The Hall–Kier alpha value is -0.0400. The standard InChI is InChI=1S/C31H56O/c1-9-23(19(2)3)20(4)18-21(5)25-12-13-27-24-10-11-26-22(6)29(32)15-17-31(26,8)28(24)14-16-30(25,27)7/h19-29,32H,9-18H2,1-8H3/t20-,21-,22+,23+,24+,25-,26-,27+,28+,29+,30-,31+/m1/s1. The minimum absolute atomic E-state index is 0.0463. The molecule has 186 valence electrons. The number of fused-ring (bicyclic) bond motifs is 5. The molecule has 0 unspecified atom stereocenters. The van der Waals surface area contributed by atoms with Crippen LogP contribution in [0, 0.1) is 70.0 Å². The average Bonchev–Trinajstić information content (AvgIpc) is 3.08. The van der Waals surface area contributed by atoms with Crippen molar-refractivity contribution in [3.05, 3.63) is 0 Å². The summed E-state index contributed by atoms with van der Waals surface area (Å²) in [7, 11) is 0. The zero-order valence-corrected chi connectivity index (χ0v) is 22.9. The highest BCUT2D eigenvalue weighted by atomic mass is 16.3. The lowest BCUT2D eigenvalue weighted by atomic mass is 9.43. The van der Waals surface area contributed by atoms with Gasteiger partial charge in [-0.05, 0) is 128 Å². The van der Waals surface area contributed by atoms with Crippen LogP contribution in [-0.4, -0.2) is 11.2 Å². The van der Waals surface area contributed by atoms with Gasteiger partial charge in [-0.1, -0.05) is 61.8 Å². The first-order chi connectivity index (χ1) is 15.0. The maximum atomic E-state index is 10.6. The van der Waals surface area contributed by atoms with Crippen molar-refractivity contribution in [1.29, 1.82) is 0 Å². The molecule has 0 bridgehead atoms. The summed E-state index contributed by atoms with van der Waals surface area (Å²) in [5, 5.41) is 10.6. The Morgan fingerprint density at radius 3 is 2.09 bits per heavy atom. The molecule has 0 aromatic carbocycles. The quantitative estimate of drug-likeness (QED) is 0.435. The largest absolute Gasteiger partial charge is 0.393 e. The van der Waals surface area contributed by atoms with E-state index < -0.39 is 0 Å². The first-order valence-corrected chi connectivity index (χ1v) is 14.7. The van der Waals surface area contributed by atoms with Gasteiger partial charge in [0.15, 0.2) is 0 Å². The highest BCUT2D eigenvalue weighted by Gasteiger charge is 2.61. The van der Waals surface area contributed by atoms with Crippen molar-refractivity contribution < 1.29 is 5.11 Å². The predicted octanol–water partition coefficient (Wildman–Crippen LogP) is 8.60. The third-order valence-corrected chi connectivity index (χ3v) is 12.7. The number of aliphatic hydroxyl groups excluding tert-OH is 1. The second kappa shape index (κ2) is 9.20. The second-order valence-corrected chi connectivity index (χ2v) is 14.3. The van der Waals surface area contributed by atoms with E-state index in [9.17, 15) is 5.11 Å². The molecule has 32 heavy (non-hydrogen) atoms. The van der Waals surface area contributed by atoms with Crippen molar-refractivity contribution >= 4 is 0 Å². The summed E-state index contributed by atoms with van der Waals surface area (Å²) in [5.41, 5.74) is 1.08. The van der Waals surface area contributed by atoms with Gasteiger partial charge in [0.2, 0.25) is 0 Å². The lowest BCUT2D eigenvalue weighted by molar-refractivity contribution is -0.149. The van der Waals surface area contributed by atoms with Crippen molar-refractivity contribution in [3.8, 4) is 0 Å². The molecule has 0 saturated heterocycles. The van der Waals surface area contributed by atoms with E-state index in [0.717, 1.165) is 59.7 Å². The third-order valence-electron chi connectivity index (χ3n) is 12.7. The van der Waals surface area contributed by atoms with Crippen LogP contribution in [0.2, 0.25) is 0 Å². The highest BCUT2D eigenvalue weighted by molar-refractivity contribution is 5.10. The Bertz CT molecular complexity index is 640. The van der Waals surface area contributed by atoms with E-state index in [0.29, 0.717) is 16.7 Å². The molecule has 0 aromatic rings. The Morgan fingerprint density at radius 1 is 0.812 bits per heavy atom. The van der Waals surface area contributed by atoms with E-state index in [1.165, 1.54) is 57.8 Å². The van der Waals surface area contributed by atoms with Gasteiger partial charge in [-0.25, -0.2) is 0 Å². The molecule has 0 spiro atoms. The van der Waals surface area contributed by atoms with E-state index >= 15 is 0 Å². The Kier molecular flexibility index (Phi) is 7.21. The topological polar surface area (TPSA) is 20.2 Å². The average molecular weight is 445 g/mol. The highest BCUT2D eigenvalue weighted by Crippen LogP contribution is 2.69. The van der Waals surface area contributed by atoms with Gasteiger partial charge in [-0.2, -0.15) is 0 Å². The second-order valence-electron chi connectivity index (χ2n) is 14.3. The molecule has 0 heterocycles. The molecule has 0 radical (unpaired) electrons. The number of hydrogen-bond acceptors (Lipinski definition) is 1. The maximum Gasteiger partial charge on any atom is 0.0568 e. The van der Waals surface area contributed by atoms with Gasteiger partial charge in [0.25, 0.3) is 0 Å². The van der Waals surface area contributed by atoms with E-state index in [1.807, 2.05) is 0 Å². The lowest BCUT2D eigenvalue weighted by Crippen LogP contribution is -2.56. The number of aliphatic hydroxyl groups is 1. The van der Waals surface area contributed by atoms with Crippen molar-refractivity contribution in [3.63, 3.8) is 0 Å². The summed E-state index contributed by atoms with van der Waals surface area (Å²) in [5.74, 6) is 8.51. The smallest absolute Gasteiger partial charge is 0.0568 e. The predicted molar refractivity (Wildman–Crippen MR) is 137 cm³/mol. The summed E-state index contributed by atoms with van der Waals surface area (Å²) >= 11 is 0. The van der Waals surface area contributed by atoms with Crippen molar-refractivity contribution in [1.82, 2.24) is 0 Å². The maximum absolute atomic E-state index is 10.6. The molecule has 4 saturated carbocycles. The zero-order chi connectivity index (χ0) is 23.4. The van der Waals surface area contributed by atoms with Crippen LogP contribution in [0.25, 0.3) is 0 Å². The van der Waals surface area contributed by atoms with Crippen LogP contribution in [-0.2, 0) is 0 Å². The van der Waals surface area contributed by atoms with Gasteiger partial charge in [-0.15, -0.1) is 0 Å². The van der Waals surface area contributed by atoms with Crippen molar-refractivity contribution in [2.45, 2.75) is 126 Å². The van der Waals surface area contributed by atoms with Crippen LogP contribution < -0.4 is 0 Å². The minimum Gasteiger partial charge on any atom is -0.393 e. The fraction of sp³-hybridized carbons (Fsp3) is 1.00. The Balaban J connectivity index is 1.48. The summed E-state index contributed by atoms with van der Waals surface area (Å²) in [6.07, 6.45) is 13.8. The molecule has 0 aromatic heterocycles. The van der Waals surface area contributed by atoms with Gasteiger partial charge in [-0.3, -0.25) is 0 Å². The Labute approximate surface area is 200 Å². The third kappa shape index (κ3) is 3.93. The fourth-order valence-corrected chi connectivity index (χ4v) is 11.1. The van der Waals surface area contributed by atoms with Crippen LogP contribution in [0.5, 0.6) is 0 Å². The number of hydrogen-bond donors (Lipinski definition) is 1. The summed E-state index contributed by atoms with van der Waals surface area (Å²) < 4.78 is 0. The molecule has 1 N–H and O–H groups in total. The van der Waals surface area contributed by atoms with E-state index in [2.05, 4.69) is 55.4 Å². The first-order valence-electron chi connectivity index (χ1n) is 14.7. The first kappa shape index (κ1) is 25.1. The molecular weight excluding hydrogens is 388 g/mol. The van der Waals surface area contributed by atoms with Gasteiger partial charge >= 0.3 is 0 Å². The van der Waals surface area contributed by atoms with Crippen LogP contribution in [0.1, 0.15) is 120 Å². The molecule has 12 atom stereocenters. The van der Waals surface area contributed by atoms with Crippen LogP contribution in [0.4, 0.5) is 0 Å². The summed E-state index contributed by atoms with van der Waals surface area (Å²) in [6.45, 7) is 20.2. The molecule has 1 heteroatoms. The van der Waals surface area contributed by atoms with Crippen LogP contribution in [0.3, 0.4) is 0 Å². The normalized spacial score (nSPS) is 49.1. The van der Waals surface area contributed by atoms with E-state index in [1.54, 1.807) is 0 Å². The summed E-state index contributed by atoms with van der Waals surface area (Å²) in [6, 6.07) is 0. The number of rotatable bonds is 6. The van der Waals surface area contributed by atoms with Gasteiger partial charge in [0, 0.05) is 0 Å². The van der Waals surface area contributed by atoms with Gasteiger partial charge in [0.05, 0.1) is 6.10 Å².